The lowest BCUT2D eigenvalue weighted by molar-refractivity contribution is -0.135. The highest BCUT2D eigenvalue weighted by molar-refractivity contribution is 5.82. The monoisotopic (exact) mass is 356 g/mol. The van der Waals surface area contributed by atoms with E-state index < -0.39 is 5.97 Å². The summed E-state index contributed by atoms with van der Waals surface area (Å²) in [4.78, 5) is 12.6. The third-order valence-corrected chi connectivity index (χ3v) is 4.76. The topological polar surface area (TPSA) is 45.5 Å². The van der Waals surface area contributed by atoms with Gasteiger partial charge in [-0.2, -0.15) is 0 Å². The van der Waals surface area contributed by atoms with Crippen molar-refractivity contribution < 1.29 is 9.90 Å². The van der Waals surface area contributed by atoms with Gasteiger partial charge in [0.05, 0.1) is 5.52 Å². The van der Waals surface area contributed by atoms with Gasteiger partial charge >= 0.3 is 5.97 Å². The Bertz CT molecular complexity index is 1080. The minimum absolute atomic E-state index is 0.0150. The van der Waals surface area contributed by atoms with Crippen molar-refractivity contribution in [3.63, 3.8) is 0 Å². The Morgan fingerprint density at radius 3 is 2.19 bits per heavy atom. The lowest BCUT2D eigenvalue weighted by atomic mass is 10.0. The molecule has 0 aliphatic heterocycles. The van der Waals surface area contributed by atoms with Crippen molar-refractivity contribution in [3.05, 3.63) is 85.1 Å². The Kier molecular flexibility index (Phi) is 4.38. The third-order valence-electron chi connectivity index (χ3n) is 4.76. The first-order chi connectivity index (χ1) is 13.1. The van der Waals surface area contributed by atoms with Crippen molar-refractivity contribution in [1.82, 2.24) is 4.57 Å². The van der Waals surface area contributed by atoms with Gasteiger partial charge in [-0.1, -0.05) is 42.5 Å². The van der Waals surface area contributed by atoms with Gasteiger partial charge in [-0.05, 0) is 52.9 Å². The van der Waals surface area contributed by atoms with Gasteiger partial charge < -0.3 is 14.6 Å². The molecule has 1 N–H and O–H groups in total. The van der Waals surface area contributed by atoms with Crippen LogP contribution in [-0.2, 0) is 4.79 Å². The highest BCUT2D eigenvalue weighted by atomic mass is 16.4. The molecule has 3 aromatic carbocycles. The summed E-state index contributed by atoms with van der Waals surface area (Å²) in [6.07, 6.45) is 2.09. The second-order valence-electron chi connectivity index (χ2n) is 6.59. The van der Waals surface area contributed by atoms with Gasteiger partial charge in [0.15, 0.2) is 0 Å². The van der Waals surface area contributed by atoms with Crippen LogP contribution >= 0.6 is 0 Å². The summed E-state index contributed by atoms with van der Waals surface area (Å²) in [7, 11) is 1.78. The van der Waals surface area contributed by atoms with E-state index in [1.807, 2.05) is 30.3 Å². The van der Waals surface area contributed by atoms with Gasteiger partial charge in [0.2, 0.25) is 0 Å². The summed E-state index contributed by atoms with van der Waals surface area (Å²) in [5, 5.41) is 10.1. The molecule has 0 saturated carbocycles. The number of anilines is 1. The van der Waals surface area contributed by atoms with E-state index in [9.17, 15) is 4.79 Å². The first-order valence-corrected chi connectivity index (χ1v) is 8.82. The Balaban J connectivity index is 1.58. The zero-order valence-corrected chi connectivity index (χ0v) is 15.0. The molecule has 0 aliphatic rings. The number of aliphatic carboxylic acids is 1. The molecule has 0 unspecified atom stereocenters. The number of para-hydroxylation sites is 1. The van der Waals surface area contributed by atoms with Crippen molar-refractivity contribution in [3.8, 4) is 16.8 Å². The second kappa shape index (κ2) is 7.00. The zero-order valence-electron chi connectivity index (χ0n) is 15.0. The number of carboxylic acids is 1. The van der Waals surface area contributed by atoms with E-state index in [0.717, 1.165) is 22.5 Å². The first-order valence-electron chi connectivity index (χ1n) is 8.82. The number of hydrogen-bond donors (Lipinski definition) is 1. The number of likely N-dealkylation sites (N-methyl/N-ethyl adjacent to an activating group) is 1. The quantitative estimate of drug-likeness (QED) is 0.558. The molecule has 0 radical (unpaired) electrons. The highest BCUT2D eigenvalue weighted by Crippen LogP contribution is 2.26. The van der Waals surface area contributed by atoms with Crippen molar-refractivity contribution in [2.24, 2.45) is 0 Å². The van der Waals surface area contributed by atoms with Crippen LogP contribution in [0, 0.1) is 0 Å². The molecule has 1 heterocycles. The highest BCUT2D eigenvalue weighted by Gasteiger charge is 2.07. The fourth-order valence-electron chi connectivity index (χ4n) is 3.33. The largest absolute Gasteiger partial charge is 0.480 e. The first kappa shape index (κ1) is 16.9. The van der Waals surface area contributed by atoms with Crippen LogP contribution in [0.2, 0.25) is 0 Å². The van der Waals surface area contributed by atoms with Crippen LogP contribution in [-0.4, -0.2) is 29.2 Å². The van der Waals surface area contributed by atoms with E-state index in [-0.39, 0.29) is 6.54 Å². The van der Waals surface area contributed by atoms with E-state index in [1.54, 1.807) is 11.9 Å². The number of fused-ring (bicyclic) bond motifs is 1. The van der Waals surface area contributed by atoms with E-state index in [1.165, 1.54) is 10.9 Å². The molecule has 0 fully saturated rings. The lowest BCUT2D eigenvalue weighted by Crippen LogP contribution is -2.24. The molecule has 27 heavy (non-hydrogen) atoms. The maximum atomic E-state index is 10.8. The molecule has 4 aromatic rings. The molecule has 1 aromatic heterocycles. The summed E-state index contributed by atoms with van der Waals surface area (Å²) in [6, 6.07) is 26.9. The maximum Gasteiger partial charge on any atom is 0.323 e. The molecule has 0 spiro atoms. The number of aromatic nitrogens is 1. The van der Waals surface area contributed by atoms with Crippen molar-refractivity contribution in [1.29, 1.82) is 0 Å². The van der Waals surface area contributed by atoms with E-state index in [0.29, 0.717) is 0 Å². The van der Waals surface area contributed by atoms with Crippen molar-refractivity contribution >= 4 is 22.6 Å². The average Bonchev–Trinajstić information content (AvgIpc) is 3.12. The van der Waals surface area contributed by atoms with Crippen molar-refractivity contribution in [2.45, 2.75) is 0 Å². The van der Waals surface area contributed by atoms with Crippen LogP contribution in [0.1, 0.15) is 0 Å². The van der Waals surface area contributed by atoms with E-state index in [2.05, 4.69) is 59.3 Å². The normalized spacial score (nSPS) is 10.9. The van der Waals surface area contributed by atoms with Crippen LogP contribution in [0.5, 0.6) is 0 Å². The molecule has 0 bridgehead atoms. The Morgan fingerprint density at radius 1 is 0.889 bits per heavy atom. The standard InChI is InChI=1S/C23H20N2O2/c1-24(16-23(26)27)20-10-6-17(7-11-20)18-8-12-21(13-9-18)25-15-14-19-4-2-3-5-22(19)25/h2-15H,16H2,1H3,(H,26,27). The van der Waals surface area contributed by atoms with Crippen LogP contribution in [0.15, 0.2) is 85.1 Å². The number of rotatable bonds is 5. The SMILES string of the molecule is CN(CC(=O)O)c1ccc(-c2ccc(-n3ccc4ccccc43)cc2)cc1. The van der Waals surface area contributed by atoms with Crippen LogP contribution in [0.25, 0.3) is 27.7 Å². The van der Waals surface area contributed by atoms with Gasteiger partial charge in [0.1, 0.15) is 6.54 Å². The van der Waals surface area contributed by atoms with Gasteiger partial charge in [0.25, 0.3) is 0 Å². The smallest absolute Gasteiger partial charge is 0.323 e. The predicted molar refractivity (Wildman–Crippen MR) is 110 cm³/mol. The Labute approximate surface area is 157 Å². The van der Waals surface area contributed by atoms with E-state index in [4.69, 9.17) is 5.11 Å². The number of carboxylic acid groups (broad SMARTS) is 1. The number of carbonyl (C=O) groups is 1. The summed E-state index contributed by atoms with van der Waals surface area (Å²) < 4.78 is 2.18. The maximum absolute atomic E-state index is 10.8. The van der Waals surface area contributed by atoms with Crippen LogP contribution in [0.4, 0.5) is 5.69 Å². The number of nitrogens with zero attached hydrogens (tertiary/aromatic N) is 2. The summed E-state index contributed by atoms with van der Waals surface area (Å²) in [5.74, 6) is -0.838. The molecule has 0 saturated heterocycles. The predicted octanol–water partition coefficient (Wildman–Crippen LogP) is 4.82. The fraction of sp³-hybridized carbons (Fsp3) is 0.0870. The average molecular weight is 356 g/mol. The Morgan fingerprint density at radius 2 is 1.52 bits per heavy atom. The Hall–Kier alpha value is -3.53. The molecule has 0 atom stereocenters. The molecule has 4 heteroatoms. The molecule has 0 amide bonds. The van der Waals surface area contributed by atoms with E-state index >= 15 is 0 Å². The molecule has 4 nitrogen and oxygen atoms in total. The van der Waals surface area contributed by atoms with Crippen LogP contribution in [0.3, 0.4) is 0 Å². The minimum Gasteiger partial charge on any atom is -0.480 e. The number of benzene rings is 3. The summed E-state index contributed by atoms with van der Waals surface area (Å²) in [6.45, 7) is -0.0150. The second-order valence-corrected chi connectivity index (χ2v) is 6.59. The molecule has 4 rings (SSSR count). The van der Waals surface area contributed by atoms with Gasteiger partial charge in [-0.15, -0.1) is 0 Å². The fourth-order valence-corrected chi connectivity index (χ4v) is 3.33. The number of hydrogen-bond acceptors (Lipinski definition) is 2. The molecular formula is C23H20N2O2. The summed E-state index contributed by atoms with van der Waals surface area (Å²) >= 11 is 0. The summed E-state index contributed by atoms with van der Waals surface area (Å²) in [5.41, 5.74) is 5.43. The minimum atomic E-state index is -0.838. The van der Waals surface area contributed by atoms with Gasteiger partial charge in [-0.25, -0.2) is 0 Å². The van der Waals surface area contributed by atoms with Gasteiger partial charge in [-0.3, -0.25) is 4.79 Å². The van der Waals surface area contributed by atoms with Gasteiger partial charge in [0, 0.05) is 24.6 Å². The zero-order chi connectivity index (χ0) is 18.8. The van der Waals surface area contributed by atoms with Crippen LogP contribution < -0.4 is 4.90 Å². The molecule has 134 valence electrons. The molecular weight excluding hydrogens is 336 g/mol. The third kappa shape index (κ3) is 3.42. The molecule has 0 aliphatic carbocycles. The lowest BCUT2D eigenvalue weighted by Gasteiger charge is -2.17. The van der Waals surface area contributed by atoms with Crippen molar-refractivity contribution in [2.75, 3.05) is 18.5 Å².